The fourth-order valence-electron chi connectivity index (χ4n) is 2.98. The Morgan fingerprint density at radius 1 is 1.43 bits per heavy atom. The molecule has 0 unspecified atom stereocenters. The number of esters is 1. The minimum Gasteiger partial charge on any atom is -0.459 e. The summed E-state index contributed by atoms with van der Waals surface area (Å²) in [6.45, 7) is 1.42. The van der Waals surface area contributed by atoms with Crippen molar-refractivity contribution in [2.24, 2.45) is 5.92 Å². The van der Waals surface area contributed by atoms with Crippen LogP contribution in [0.1, 0.15) is 29.9 Å². The monoisotopic (exact) mass is 394 g/mol. The van der Waals surface area contributed by atoms with E-state index in [0.29, 0.717) is 11.5 Å². The largest absolute Gasteiger partial charge is 0.459 e. The van der Waals surface area contributed by atoms with Crippen LogP contribution in [0.25, 0.3) is 11.5 Å². The number of methoxy groups -OCH3 is 1. The van der Waals surface area contributed by atoms with Crippen molar-refractivity contribution in [1.29, 1.82) is 5.26 Å². The molecule has 28 heavy (non-hydrogen) atoms. The average molecular weight is 394 g/mol. The van der Waals surface area contributed by atoms with Gasteiger partial charge in [-0.05, 0) is 25.1 Å². The lowest BCUT2D eigenvalue weighted by Crippen LogP contribution is -2.47. The number of carbonyl (C=O) groups excluding carboxylic acids is 1. The fourth-order valence-corrected chi connectivity index (χ4v) is 2.98. The summed E-state index contributed by atoms with van der Waals surface area (Å²) in [4.78, 5) is 16.2. The molecule has 0 N–H and O–H groups in total. The molecule has 0 spiro atoms. The number of aromatic nitrogens is 1. The SMILES string of the molecule is COC1(C#N)CC(C(=O)OCc2nc(-c3cccc(C(F)(F)F)c3)oc2C)C1. The van der Waals surface area contributed by atoms with Gasteiger partial charge in [0.15, 0.2) is 5.60 Å². The molecule has 0 aliphatic heterocycles. The van der Waals surface area contributed by atoms with Gasteiger partial charge in [0.2, 0.25) is 5.89 Å². The second-order valence-electron chi connectivity index (χ2n) is 6.62. The lowest BCUT2D eigenvalue weighted by molar-refractivity contribution is -0.163. The maximum absolute atomic E-state index is 12.9. The second kappa shape index (κ2) is 7.28. The normalized spacial score (nSPS) is 21.6. The van der Waals surface area contributed by atoms with Gasteiger partial charge in [-0.25, -0.2) is 4.98 Å². The zero-order valence-electron chi connectivity index (χ0n) is 15.2. The number of alkyl halides is 3. The van der Waals surface area contributed by atoms with Crippen LogP contribution in [-0.4, -0.2) is 23.7 Å². The topological polar surface area (TPSA) is 85.3 Å². The highest BCUT2D eigenvalue weighted by atomic mass is 19.4. The predicted octanol–water partition coefficient (Wildman–Crippen LogP) is 4.03. The first-order chi connectivity index (χ1) is 13.2. The van der Waals surface area contributed by atoms with Crippen molar-refractivity contribution in [3.8, 4) is 17.5 Å². The minimum atomic E-state index is -4.47. The van der Waals surface area contributed by atoms with Crippen LogP contribution in [0.3, 0.4) is 0 Å². The molecule has 1 aliphatic carbocycles. The van der Waals surface area contributed by atoms with Crippen molar-refractivity contribution < 1.29 is 31.9 Å². The summed E-state index contributed by atoms with van der Waals surface area (Å²) < 4.78 is 54.3. The van der Waals surface area contributed by atoms with Crippen molar-refractivity contribution in [1.82, 2.24) is 4.98 Å². The van der Waals surface area contributed by atoms with E-state index in [1.807, 2.05) is 6.07 Å². The minimum absolute atomic E-state index is 0.0150. The van der Waals surface area contributed by atoms with E-state index in [0.717, 1.165) is 12.1 Å². The summed E-state index contributed by atoms with van der Waals surface area (Å²) in [6, 6.07) is 6.66. The first-order valence-electron chi connectivity index (χ1n) is 8.44. The molecule has 9 heteroatoms. The van der Waals surface area contributed by atoms with Gasteiger partial charge in [-0.15, -0.1) is 0 Å². The number of benzene rings is 1. The number of ether oxygens (including phenoxy) is 2. The van der Waals surface area contributed by atoms with Gasteiger partial charge < -0.3 is 13.9 Å². The number of hydrogen-bond acceptors (Lipinski definition) is 6. The summed E-state index contributed by atoms with van der Waals surface area (Å²) in [5.41, 5.74) is -1.26. The molecule has 0 radical (unpaired) electrons. The molecule has 1 aliphatic rings. The quantitative estimate of drug-likeness (QED) is 0.712. The van der Waals surface area contributed by atoms with Crippen LogP contribution in [0.5, 0.6) is 0 Å². The number of nitriles is 1. The molecule has 1 fully saturated rings. The highest BCUT2D eigenvalue weighted by Crippen LogP contribution is 2.41. The number of hydrogen-bond donors (Lipinski definition) is 0. The van der Waals surface area contributed by atoms with Gasteiger partial charge in [-0.2, -0.15) is 18.4 Å². The molecule has 0 atom stereocenters. The van der Waals surface area contributed by atoms with Crippen LogP contribution in [0.2, 0.25) is 0 Å². The summed E-state index contributed by atoms with van der Waals surface area (Å²) in [5, 5.41) is 9.04. The maximum atomic E-state index is 12.9. The van der Waals surface area contributed by atoms with E-state index in [4.69, 9.17) is 19.2 Å². The Balaban J connectivity index is 1.66. The molecule has 6 nitrogen and oxygen atoms in total. The Bertz CT molecular complexity index is 924. The molecule has 2 aromatic rings. The smallest absolute Gasteiger partial charge is 0.416 e. The number of halogens is 3. The fraction of sp³-hybridized carbons (Fsp3) is 0.421. The third kappa shape index (κ3) is 3.87. The van der Waals surface area contributed by atoms with Gasteiger partial charge in [0.05, 0.1) is 17.6 Å². The lowest BCUT2D eigenvalue weighted by Gasteiger charge is -2.39. The maximum Gasteiger partial charge on any atom is 0.416 e. The number of oxazole rings is 1. The predicted molar refractivity (Wildman–Crippen MR) is 89.6 cm³/mol. The Morgan fingerprint density at radius 2 is 2.14 bits per heavy atom. The standard InChI is InChI=1S/C19H17F3N2O4/c1-11-15(9-27-17(25)13-7-18(8-13,10-23)26-2)24-16(28-11)12-4-3-5-14(6-12)19(20,21)22/h3-6,13H,7-9H2,1-2H3. The number of aryl methyl sites for hydroxylation is 1. The zero-order chi connectivity index (χ0) is 20.5. The summed E-state index contributed by atoms with van der Waals surface area (Å²) in [6.07, 6.45) is -3.96. The van der Waals surface area contributed by atoms with Crippen LogP contribution >= 0.6 is 0 Å². The lowest BCUT2D eigenvalue weighted by atomic mass is 9.71. The first kappa shape index (κ1) is 19.9. The zero-order valence-corrected chi connectivity index (χ0v) is 15.2. The van der Waals surface area contributed by atoms with Crippen molar-refractivity contribution in [2.45, 2.75) is 38.1 Å². The van der Waals surface area contributed by atoms with Gasteiger partial charge in [0.1, 0.15) is 18.1 Å². The van der Waals surface area contributed by atoms with E-state index in [1.165, 1.54) is 19.2 Å². The molecule has 3 rings (SSSR count). The third-order valence-electron chi connectivity index (χ3n) is 4.76. The first-order valence-corrected chi connectivity index (χ1v) is 8.44. The molecule has 148 valence electrons. The molecular weight excluding hydrogens is 377 g/mol. The van der Waals surface area contributed by atoms with E-state index in [-0.39, 0.29) is 30.9 Å². The van der Waals surface area contributed by atoms with Crippen LogP contribution in [-0.2, 0) is 27.1 Å². The van der Waals surface area contributed by atoms with Crippen LogP contribution in [0.4, 0.5) is 13.2 Å². The van der Waals surface area contributed by atoms with E-state index in [9.17, 15) is 18.0 Å². The molecule has 1 aromatic carbocycles. The highest BCUT2D eigenvalue weighted by Gasteiger charge is 2.49. The summed E-state index contributed by atoms with van der Waals surface area (Å²) in [7, 11) is 1.42. The van der Waals surface area contributed by atoms with Gasteiger partial charge in [-0.1, -0.05) is 6.07 Å². The second-order valence-corrected chi connectivity index (χ2v) is 6.62. The Labute approximate surface area is 158 Å². The summed E-state index contributed by atoms with van der Waals surface area (Å²) in [5.74, 6) is -0.557. The Kier molecular flexibility index (Phi) is 5.17. The Morgan fingerprint density at radius 3 is 2.75 bits per heavy atom. The van der Waals surface area contributed by atoms with Crippen molar-refractivity contribution >= 4 is 5.97 Å². The van der Waals surface area contributed by atoms with Crippen LogP contribution in [0, 0.1) is 24.2 Å². The molecule has 1 saturated carbocycles. The van der Waals surface area contributed by atoms with Gasteiger partial charge in [0, 0.05) is 25.5 Å². The van der Waals surface area contributed by atoms with Gasteiger partial charge in [-0.3, -0.25) is 4.79 Å². The molecule has 0 saturated heterocycles. The highest BCUT2D eigenvalue weighted by molar-refractivity contribution is 5.74. The molecule has 0 amide bonds. The van der Waals surface area contributed by atoms with E-state index in [2.05, 4.69) is 4.98 Å². The molecular formula is C19H17F3N2O4. The molecule has 1 heterocycles. The molecule has 1 aromatic heterocycles. The average Bonchev–Trinajstić information content (AvgIpc) is 3.00. The van der Waals surface area contributed by atoms with Crippen molar-refractivity contribution in [3.63, 3.8) is 0 Å². The van der Waals surface area contributed by atoms with Crippen LogP contribution in [0.15, 0.2) is 28.7 Å². The van der Waals surface area contributed by atoms with Gasteiger partial charge in [0.25, 0.3) is 0 Å². The third-order valence-corrected chi connectivity index (χ3v) is 4.76. The van der Waals surface area contributed by atoms with E-state index >= 15 is 0 Å². The number of carbonyl (C=O) groups is 1. The number of rotatable bonds is 5. The van der Waals surface area contributed by atoms with Crippen LogP contribution < -0.4 is 0 Å². The number of nitrogens with zero attached hydrogens (tertiary/aromatic N) is 2. The Hall–Kier alpha value is -2.86. The van der Waals surface area contributed by atoms with E-state index in [1.54, 1.807) is 6.92 Å². The molecule has 0 bridgehead atoms. The van der Waals surface area contributed by atoms with Crippen molar-refractivity contribution in [2.75, 3.05) is 7.11 Å². The van der Waals surface area contributed by atoms with Gasteiger partial charge >= 0.3 is 12.1 Å². The van der Waals surface area contributed by atoms with E-state index < -0.39 is 29.2 Å². The van der Waals surface area contributed by atoms with Crippen molar-refractivity contribution in [3.05, 3.63) is 41.3 Å². The summed E-state index contributed by atoms with van der Waals surface area (Å²) >= 11 is 0.